The SMILES string of the molecule is CC1(C(=O)NCC(C(=O)O)c2cccc(Cl)c2)CC(c2ccccc2)=Nc2ccc(Br)cc21. The van der Waals surface area contributed by atoms with Gasteiger partial charge >= 0.3 is 5.97 Å². The second-order valence-electron chi connectivity index (χ2n) is 8.25. The summed E-state index contributed by atoms with van der Waals surface area (Å²) in [5.41, 5.74) is 2.90. The molecule has 0 aromatic heterocycles. The molecule has 0 bridgehead atoms. The van der Waals surface area contributed by atoms with Crippen LogP contribution in [0.2, 0.25) is 5.02 Å². The first-order chi connectivity index (χ1) is 15.8. The second kappa shape index (κ2) is 9.49. The maximum Gasteiger partial charge on any atom is 0.312 e. The third-order valence-electron chi connectivity index (χ3n) is 5.95. The average molecular weight is 526 g/mol. The number of carboxylic acid groups (broad SMARTS) is 1. The minimum absolute atomic E-state index is 0.0503. The number of nitrogens with one attached hydrogen (secondary N) is 1. The van der Waals surface area contributed by atoms with Gasteiger partial charge in [0.1, 0.15) is 0 Å². The van der Waals surface area contributed by atoms with Gasteiger partial charge < -0.3 is 10.4 Å². The molecule has 0 saturated carbocycles. The maximum absolute atomic E-state index is 13.6. The maximum atomic E-state index is 13.6. The van der Waals surface area contributed by atoms with Gasteiger partial charge in [0.15, 0.2) is 0 Å². The van der Waals surface area contributed by atoms with Gasteiger partial charge in [-0.1, -0.05) is 70.0 Å². The monoisotopic (exact) mass is 524 g/mol. The predicted octanol–water partition coefficient (Wildman–Crippen LogP) is 5.87. The molecule has 1 aliphatic rings. The molecule has 0 aliphatic carbocycles. The van der Waals surface area contributed by atoms with Crippen molar-refractivity contribution in [1.82, 2.24) is 5.32 Å². The van der Waals surface area contributed by atoms with E-state index in [-0.39, 0.29) is 12.5 Å². The van der Waals surface area contributed by atoms with E-state index < -0.39 is 17.3 Å². The molecule has 168 valence electrons. The van der Waals surface area contributed by atoms with Crippen molar-refractivity contribution in [3.8, 4) is 0 Å². The molecule has 0 fully saturated rings. The summed E-state index contributed by atoms with van der Waals surface area (Å²) in [4.78, 5) is 30.4. The highest BCUT2D eigenvalue weighted by Crippen LogP contribution is 2.42. The number of aliphatic imine (C=N–C) groups is 1. The van der Waals surface area contributed by atoms with Crippen molar-refractivity contribution in [2.45, 2.75) is 24.7 Å². The molecule has 0 saturated heterocycles. The van der Waals surface area contributed by atoms with Crippen LogP contribution in [0, 0.1) is 0 Å². The Labute approximate surface area is 205 Å². The number of hydrogen-bond acceptors (Lipinski definition) is 3. The summed E-state index contributed by atoms with van der Waals surface area (Å²) in [6, 6.07) is 22.2. The van der Waals surface area contributed by atoms with Crippen LogP contribution in [0.1, 0.15) is 36.0 Å². The molecule has 1 aliphatic heterocycles. The van der Waals surface area contributed by atoms with Crippen molar-refractivity contribution in [3.63, 3.8) is 0 Å². The first kappa shape index (κ1) is 23.2. The number of amides is 1. The van der Waals surface area contributed by atoms with E-state index in [0.717, 1.165) is 27.0 Å². The topological polar surface area (TPSA) is 78.8 Å². The number of benzene rings is 3. The Bertz CT molecular complexity index is 1250. The largest absolute Gasteiger partial charge is 0.481 e. The minimum atomic E-state index is -1.03. The number of carbonyl (C=O) groups is 2. The summed E-state index contributed by atoms with van der Waals surface area (Å²) in [5, 5.41) is 13.1. The fourth-order valence-corrected chi connectivity index (χ4v) is 4.68. The normalized spacial score (nSPS) is 18.1. The molecule has 1 heterocycles. The molecule has 0 radical (unpaired) electrons. The van der Waals surface area contributed by atoms with Crippen molar-refractivity contribution in [3.05, 3.63) is 99.0 Å². The first-order valence-electron chi connectivity index (χ1n) is 10.5. The van der Waals surface area contributed by atoms with Crippen molar-refractivity contribution in [2.75, 3.05) is 6.54 Å². The number of hydrogen-bond donors (Lipinski definition) is 2. The summed E-state index contributed by atoms with van der Waals surface area (Å²) in [6.45, 7) is 1.83. The third kappa shape index (κ3) is 4.87. The van der Waals surface area contributed by atoms with Crippen molar-refractivity contribution < 1.29 is 14.7 Å². The van der Waals surface area contributed by atoms with Crippen LogP contribution in [0.15, 0.2) is 82.3 Å². The van der Waals surface area contributed by atoms with Crippen LogP contribution >= 0.6 is 27.5 Å². The molecule has 3 aromatic carbocycles. The highest BCUT2D eigenvalue weighted by molar-refractivity contribution is 9.10. The van der Waals surface area contributed by atoms with Gasteiger partial charge in [0, 0.05) is 28.2 Å². The molecule has 33 heavy (non-hydrogen) atoms. The number of nitrogens with zero attached hydrogens (tertiary/aromatic N) is 1. The molecule has 7 heteroatoms. The van der Waals surface area contributed by atoms with E-state index in [1.807, 2.05) is 55.5 Å². The van der Waals surface area contributed by atoms with E-state index in [0.29, 0.717) is 17.0 Å². The summed E-state index contributed by atoms with van der Waals surface area (Å²) in [7, 11) is 0. The van der Waals surface area contributed by atoms with Gasteiger partial charge in [-0.15, -0.1) is 0 Å². The van der Waals surface area contributed by atoms with Gasteiger partial charge in [-0.2, -0.15) is 0 Å². The molecular weight excluding hydrogens is 504 g/mol. The van der Waals surface area contributed by atoms with E-state index in [1.165, 1.54) is 0 Å². The standard InChI is InChI=1S/C26H22BrClN2O3/c1-26(25(33)29-15-20(24(31)32)17-8-5-9-19(28)12-17)14-23(16-6-3-2-4-7-16)30-22-11-10-18(27)13-21(22)26/h2-13,20H,14-15H2,1H3,(H,29,33)(H,31,32). The number of halogens is 2. The van der Waals surface area contributed by atoms with Crippen LogP contribution in [0.4, 0.5) is 5.69 Å². The van der Waals surface area contributed by atoms with Crippen LogP contribution in [-0.2, 0) is 15.0 Å². The van der Waals surface area contributed by atoms with Crippen molar-refractivity contribution in [2.24, 2.45) is 4.99 Å². The lowest BCUT2D eigenvalue weighted by molar-refractivity contribution is -0.138. The van der Waals surface area contributed by atoms with Crippen LogP contribution < -0.4 is 5.32 Å². The fourth-order valence-electron chi connectivity index (χ4n) is 4.12. The Morgan fingerprint density at radius 2 is 1.88 bits per heavy atom. The van der Waals surface area contributed by atoms with E-state index in [2.05, 4.69) is 21.2 Å². The van der Waals surface area contributed by atoms with E-state index >= 15 is 0 Å². The molecule has 4 rings (SSSR count). The fraction of sp³-hybridized carbons (Fsp3) is 0.192. The molecular formula is C26H22BrClN2O3. The molecule has 1 amide bonds. The van der Waals surface area contributed by atoms with Gasteiger partial charge in [-0.3, -0.25) is 14.6 Å². The Hall–Kier alpha value is -2.96. The summed E-state index contributed by atoms with van der Waals surface area (Å²) < 4.78 is 0.848. The highest BCUT2D eigenvalue weighted by Gasteiger charge is 2.41. The minimum Gasteiger partial charge on any atom is -0.481 e. The smallest absolute Gasteiger partial charge is 0.312 e. The highest BCUT2D eigenvalue weighted by atomic mass is 79.9. The quantitative estimate of drug-likeness (QED) is 0.422. The Morgan fingerprint density at radius 1 is 1.12 bits per heavy atom. The van der Waals surface area contributed by atoms with Gasteiger partial charge in [0.2, 0.25) is 5.91 Å². The van der Waals surface area contributed by atoms with Crippen LogP contribution in [0.25, 0.3) is 0 Å². The van der Waals surface area contributed by atoms with E-state index in [4.69, 9.17) is 16.6 Å². The molecule has 2 unspecified atom stereocenters. The molecule has 5 nitrogen and oxygen atoms in total. The molecule has 0 spiro atoms. The Balaban J connectivity index is 1.65. The molecule has 2 N–H and O–H groups in total. The van der Waals surface area contributed by atoms with Crippen molar-refractivity contribution >= 4 is 50.8 Å². The van der Waals surface area contributed by atoms with E-state index in [1.54, 1.807) is 24.3 Å². The summed E-state index contributed by atoms with van der Waals surface area (Å²) in [5.74, 6) is -2.19. The van der Waals surface area contributed by atoms with Crippen LogP contribution in [-0.4, -0.2) is 29.2 Å². The lowest BCUT2D eigenvalue weighted by Crippen LogP contribution is -2.46. The van der Waals surface area contributed by atoms with Crippen LogP contribution in [0.3, 0.4) is 0 Å². The Kier molecular flexibility index (Phi) is 6.68. The number of carboxylic acids is 1. The zero-order chi connectivity index (χ0) is 23.6. The summed E-state index contributed by atoms with van der Waals surface area (Å²) >= 11 is 9.55. The van der Waals surface area contributed by atoms with Gasteiger partial charge in [0.25, 0.3) is 0 Å². The average Bonchev–Trinajstić information content (AvgIpc) is 2.80. The number of aliphatic carboxylic acids is 1. The lowest BCUT2D eigenvalue weighted by Gasteiger charge is -2.34. The second-order valence-corrected chi connectivity index (χ2v) is 9.60. The zero-order valence-electron chi connectivity index (χ0n) is 17.9. The van der Waals surface area contributed by atoms with Gasteiger partial charge in [-0.05, 0) is 53.9 Å². The first-order valence-corrected chi connectivity index (χ1v) is 11.6. The number of fused-ring (bicyclic) bond motifs is 1. The van der Waals surface area contributed by atoms with Crippen molar-refractivity contribution in [1.29, 1.82) is 0 Å². The number of rotatable bonds is 6. The zero-order valence-corrected chi connectivity index (χ0v) is 20.2. The summed E-state index contributed by atoms with van der Waals surface area (Å²) in [6.07, 6.45) is 0.390. The van der Waals surface area contributed by atoms with Crippen LogP contribution in [0.5, 0.6) is 0 Å². The predicted molar refractivity (Wildman–Crippen MR) is 134 cm³/mol. The third-order valence-corrected chi connectivity index (χ3v) is 6.68. The van der Waals surface area contributed by atoms with E-state index in [9.17, 15) is 14.7 Å². The number of carbonyl (C=O) groups excluding carboxylic acids is 1. The molecule has 2 atom stereocenters. The van der Waals surface area contributed by atoms with Gasteiger partial charge in [-0.25, -0.2) is 0 Å². The molecule has 3 aromatic rings. The lowest BCUT2D eigenvalue weighted by atomic mass is 9.73. The van der Waals surface area contributed by atoms with Gasteiger partial charge in [0.05, 0.1) is 17.0 Å². The Morgan fingerprint density at radius 3 is 2.58 bits per heavy atom.